The van der Waals surface area contributed by atoms with Crippen molar-refractivity contribution in [1.29, 1.82) is 0 Å². The van der Waals surface area contributed by atoms with Crippen LogP contribution in [0, 0.1) is 16.0 Å². The van der Waals surface area contributed by atoms with Crippen LogP contribution in [0.15, 0.2) is 22.7 Å². The van der Waals surface area contributed by atoms with E-state index in [0.29, 0.717) is 10.4 Å². The average molecular weight is 457 g/mol. The van der Waals surface area contributed by atoms with Crippen LogP contribution in [0.25, 0.3) is 0 Å². The summed E-state index contributed by atoms with van der Waals surface area (Å²) in [7, 11) is 0. The van der Waals surface area contributed by atoms with Gasteiger partial charge in [-0.1, -0.05) is 6.07 Å². The number of nitrogens with one attached hydrogen (secondary N) is 1. The first-order valence-corrected chi connectivity index (χ1v) is 8.92. The van der Waals surface area contributed by atoms with Gasteiger partial charge in [0.2, 0.25) is 0 Å². The highest BCUT2D eigenvalue weighted by atomic mass is 79.9. The van der Waals surface area contributed by atoms with Crippen molar-refractivity contribution < 1.29 is 9.66 Å². The summed E-state index contributed by atoms with van der Waals surface area (Å²) in [6.07, 6.45) is 2.02. The molecule has 9 heteroatoms. The summed E-state index contributed by atoms with van der Waals surface area (Å²) >= 11 is 3.29. The molecule has 0 aliphatic carbocycles. The van der Waals surface area contributed by atoms with E-state index >= 15 is 0 Å². The standard InChI is InChI=1S/C16H22BrN3O3.2ClH/c17-14-2-1-13(11-15(14)20(21)22)16(12-3-9-23-10-4-12)19-7-5-18-6-8-19;;/h1-2,11-12,16,18H,3-10H2;2*1H/t16-;;/m0../s1. The second-order valence-electron chi connectivity index (χ2n) is 6.15. The summed E-state index contributed by atoms with van der Waals surface area (Å²) in [5.41, 5.74) is 1.20. The van der Waals surface area contributed by atoms with Crippen LogP contribution in [-0.2, 0) is 4.74 Å². The smallest absolute Gasteiger partial charge is 0.283 e. The Labute approximate surface area is 168 Å². The number of benzene rings is 1. The van der Waals surface area contributed by atoms with E-state index in [2.05, 4.69) is 26.1 Å². The molecule has 1 aromatic carbocycles. The molecule has 0 unspecified atom stereocenters. The summed E-state index contributed by atoms with van der Waals surface area (Å²) in [5.74, 6) is 0.489. The second kappa shape index (κ2) is 10.6. The van der Waals surface area contributed by atoms with Gasteiger partial charge in [-0.3, -0.25) is 15.0 Å². The van der Waals surface area contributed by atoms with Gasteiger partial charge in [0.1, 0.15) is 0 Å². The Morgan fingerprint density at radius 3 is 2.48 bits per heavy atom. The molecule has 2 aliphatic rings. The Bertz CT molecular complexity index is 550. The predicted octanol–water partition coefficient (Wildman–Crippen LogP) is 3.57. The fourth-order valence-electron chi connectivity index (χ4n) is 3.63. The highest BCUT2D eigenvalue weighted by Gasteiger charge is 2.32. The van der Waals surface area contributed by atoms with Crippen LogP contribution in [0.4, 0.5) is 5.69 Å². The maximum Gasteiger partial charge on any atom is 0.283 e. The lowest BCUT2D eigenvalue weighted by molar-refractivity contribution is -0.385. The zero-order valence-corrected chi connectivity index (χ0v) is 17.1. The number of nitrogens with zero attached hydrogens (tertiary/aromatic N) is 2. The number of hydrogen-bond donors (Lipinski definition) is 1. The molecule has 0 amide bonds. The molecule has 1 N–H and O–H groups in total. The summed E-state index contributed by atoms with van der Waals surface area (Å²) in [6.45, 7) is 5.46. The summed E-state index contributed by atoms with van der Waals surface area (Å²) < 4.78 is 6.05. The predicted molar refractivity (Wildman–Crippen MR) is 106 cm³/mol. The number of rotatable bonds is 4. The molecular weight excluding hydrogens is 433 g/mol. The summed E-state index contributed by atoms with van der Waals surface area (Å²) in [4.78, 5) is 13.4. The molecule has 1 aromatic rings. The molecular formula is C16H24BrCl2N3O3. The molecule has 1 atom stereocenters. The van der Waals surface area contributed by atoms with Crippen LogP contribution >= 0.6 is 40.7 Å². The monoisotopic (exact) mass is 455 g/mol. The van der Waals surface area contributed by atoms with Gasteiger partial charge in [0, 0.05) is 51.5 Å². The molecule has 142 valence electrons. The summed E-state index contributed by atoms with van der Waals surface area (Å²) in [6, 6.07) is 5.81. The van der Waals surface area contributed by atoms with Crippen molar-refractivity contribution in [2.45, 2.75) is 18.9 Å². The zero-order valence-electron chi connectivity index (χ0n) is 13.9. The molecule has 0 spiro atoms. The molecule has 3 rings (SSSR count). The molecule has 2 heterocycles. The number of hydrogen-bond acceptors (Lipinski definition) is 5. The van der Waals surface area contributed by atoms with E-state index in [1.807, 2.05) is 12.1 Å². The van der Waals surface area contributed by atoms with Crippen LogP contribution in [0.2, 0.25) is 0 Å². The number of ether oxygens (including phenoxy) is 1. The van der Waals surface area contributed by atoms with Crippen molar-refractivity contribution in [2.24, 2.45) is 5.92 Å². The second-order valence-corrected chi connectivity index (χ2v) is 7.00. The minimum absolute atomic E-state index is 0. The molecule has 2 saturated heterocycles. The van der Waals surface area contributed by atoms with E-state index in [0.717, 1.165) is 57.8 Å². The van der Waals surface area contributed by atoms with Gasteiger partial charge in [0.15, 0.2) is 0 Å². The van der Waals surface area contributed by atoms with E-state index in [9.17, 15) is 10.1 Å². The largest absolute Gasteiger partial charge is 0.381 e. The first kappa shape index (κ1) is 22.6. The van der Waals surface area contributed by atoms with Crippen LogP contribution in [-0.4, -0.2) is 49.2 Å². The zero-order chi connectivity index (χ0) is 16.2. The molecule has 6 nitrogen and oxygen atoms in total. The maximum atomic E-state index is 11.3. The third-order valence-electron chi connectivity index (χ3n) is 4.77. The quantitative estimate of drug-likeness (QED) is 0.554. The molecule has 0 aromatic heterocycles. The lowest BCUT2D eigenvalue weighted by Gasteiger charge is -2.41. The van der Waals surface area contributed by atoms with Crippen LogP contribution in [0.5, 0.6) is 0 Å². The van der Waals surface area contributed by atoms with Crippen molar-refractivity contribution in [3.05, 3.63) is 38.3 Å². The van der Waals surface area contributed by atoms with Gasteiger partial charge in [-0.05, 0) is 46.3 Å². The minimum atomic E-state index is -0.313. The van der Waals surface area contributed by atoms with Crippen LogP contribution in [0.3, 0.4) is 0 Å². The third kappa shape index (κ3) is 5.52. The van der Waals surface area contributed by atoms with Gasteiger partial charge in [-0.15, -0.1) is 24.8 Å². The number of nitro benzene ring substituents is 1. The topological polar surface area (TPSA) is 67.6 Å². The highest BCUT2D eigenvalue weighted by Crippen LogP contribution is 2.38. The lowest BCUT2D eigenvalue weighted by atomic mass is 9.85. The molecule has 0 bridgehead atoms. The van der Waals surface area contributed by atoms with E-state index < -0.39 is 0 Å². The normalized spacial score (nSPS) is 20.2. The van der Waals surface area contributed by atoms with Gasteiger partial charge >= 0.3 is 0 Å². The Balaban J connectivity index is 0.00000156. The van der Waals surface area contributed by atoms with E-state index in [1.54, 1.807) is 6.07 Å². The van der Waals surface area contributed by atoms with Crippen molar-refractivity contribution in [1.82, 2.24) is 10.2 Å². The number of piperazine rings is 1. The lowest BCUT2D eigenvalue weighted by Crippen LogP contribution is -2.47. The van der Waals surface area contributed by atoms with Gasteiger partial charge in [0.25, 0.3) is 5.69 Å². The van der Waals surface area contributed by atoms with Crippen LogP contribution < -0.4 is 5.32 Å². The first-order chi connectivity index (χ1) is 11.2. The van der Waals surface area contributed by atoms with E-state index in [-0.39, 0.29) is 41.5 Å². The maximum absolute atomic E-state index is 11.3. The van der Waals surface area contributed by atoms with Gasteiger partial charge in [0.05, 0.1) is 9.40 Å². The van der Waals surface area contributed by atoms with Crippen LogP contribution in [0.1, 0.15) is 24.4 Å². The minimum Gasteiger partial charge on any atom is -0.381 e. The summed E-state index contributed by atoms with van der Waals surface area (Å²) in [5, 5.41) is 14.7. The Morgan fingerprint density at radius 1 is 1.24 bits per heavy atom. The van der Waals surface area contributed by atoms with Gasteiger partial charge in [-0.25, -0.2) is 0 Å². The Kier molecular flexibility index (Phi) is 9.62. The Hall–Kier alpha value is -0.440. The molecule has 0 radical (unpaired) electrons. The first-order valence-electron chi connectivity index (χ1n) is 8.13. The molecule has 2 aliphatic heterocycles. The van der Waals surface area contributed by atoms with Gasteiger partial charge in [-0.2, -0.15) is 0 Å². The third-order valence-corrected chi connectivity index (χ3v) is 5.44. The number of nitro groups is 1. The fraction of sp³-hybridized carbons (Fsp3) is 0.625. The van der Waals surface area contributed by atoms with Crippen molar-refractivity contribution in [3.63, 3.8) is 0 Å². The Morgan fingerprint density at radius 2 is 1.88 bits per heavy atom. The van der Waals surface area contributed by atoms with E-state index in [1.165, 1.54) is 0 Å². The molecule has 0 saturated carbocycles. The highest BCUT2D eigenvalue weighted by molar-refractivity contribution is 9.10. The van der Waals surface area contributed by atoms with E-state index in [4.69, 9.17) is 4.74 Å². The molecule has 2 fully saturated rings. The van der Waals surface area contributed by atoms with Gasteiger partial charge < -0.3 is 10.1 Å². The van der Waals surface area contributed by atoms with Crippen molar-refractivity contribution in [2.75, 3.05) is 39.4 Å². The SMILES string of the molecule is Cl.Cl.O=[N+]([O-])c1cc([C@H](C2CCOCC2)N2CCNCC2)ccc1Br. The fourth-order valence-corrected chi connectivity index (χ4v) is 4.02. The number of halogens is 3. The van der Waals surface area contributed by atoms with Crippen molar-refractivity contribution in [3.8, 4) is 0 Å². The molecule has 25 heavy (non-hydrogen) atoms. The average Bonchev–Trinajstić information content (AvgIpc) is 2.58. The van der Waals surface area contributed by atoms with Crippen molar-refractivity contribution >= 4 is 46.4 Å².